The molecule has 3 aromatic carbocycles. The number of hydrogen-bond acceptors (Lipinski definition) is 5. The molecule has 1 N–H and O–H groups in total. The minimum atomic E-state index is -1.06. The third kappa shape index (κ3) is 6.10. The quantitative estimate of drug-likeness (QED) is 0.401. The summed E-state index contributed by atoms with van der Waals surface area (Å²) >= 11 is 0. The van der Waals surface area contributed by atoms with Gasteiger partial charge in [-0.2, -0.15) is 0 Å². The van der Waals surface area contributed by atoms with Crippen LogP contribution in [0, 0.1) is 0 Å². The van der Waals surface area contributed by atoms with Gasteiger partial charge in [-0.15, -0.1) is 0 Å². The van der Waals surface area contributed by atoms with Crippen molar-refractivity contribution in [3.05, 3.63) is 95.6 Å². The van der Waals surface area contributed by atoms with Crippen molar-refractivity contribution in [2.45, 2.75) is 6.42 Å². The molecule has 0 aliphatic heterocycles. The summed E-state index contributed by atoms with van der Waals surface area (Å²) in [5.74, 6) is -0.193. The van der Waals surface area contributed by atoms with Gasteiger partial charge in [-0.25, -0.2) is 9.59 Å². The molecule has 0 spiro atoms. The Balaban J connectivity index is 1.60. The Bertz CT molecular complexity index is 970. The maximum atomic E-state index is 12.5. The lowest BCUT2D eigenvalue weighted by Crippen LogP contribution is -2.15. The van der Waals surface area contributed by atoms with Crippen molar-refractivity contribution in [3.63, 3.8) is 0 Å². The Kier molecular flexibility index (Phi) is 7.44. The van der Waals surface area contributed by atoms with E-state index < -0.39 is 11.9 Å². The van der Waals surface area contributed by atoms with E-state index in [9.17, 15) is 14.7 Å². The molecule has 3 aromatic rings. The first-order valence-corrected chi connectivity index (χ1v) is 9.52. The molecule has 0 atom stereocenters. The number of carbonyl (C=O) groups is 2. The average molecular weight is 406 g/mol. The Morgan fingerprint density at radius 3 is 1.93 bits per heavy atom. The summed E-state index contributed by atoms with van der Waals surface area (Å²) in [6.07, 6.45) is 0.362. The fourth-order valence-corrected chi connectivity index (χ4v) is 2.82. The lowest BCUT2D eigenvalue weighted by Gasteiger charge is -2.12. The van der Waals surface area contributed by atoms with E-state index in [4.69, 9.17) is 14.2 Å². The van der Waals surface area contributed by atoms with E-state index in [0.717, 1.165) is 0 Å². The molecule has 0 unspecified atom stereocenters. The molecular weight excluding hydrogens is 384 g/mol. The fraction of sp³-hybridized carbons (Fsp3) is 0.167. The highest BCUT2D eigenvalue weighted by atomic mass is 16.6. The summed E-state index contributed by atoms with van der Waals surface area (Å²) in [4.78, 5) is 23.8. The average Bonchev–Trinajstić information content (AvgIpc) is 2.78. The second-order valence-corrected chi connectivity index (χ2v) is 6.39. The van der Waals surface area contributed by atoms with Crippen LogP contribution in [0.1, 0.15) is 26.3 Å². The minimum absolute atomic E-state index is 0.0777. The van der Waals surface area contributed by atoms with Crippen molar-refractivity contribution in [2.75, 3.05) is 19.8 Å². The predicted octanol–water partition coefficient (Wildman–Crippen LogP) is 4.24. The third-order valence-corrected chi connectivity index (χ3v) is 4.28. The highest BCUT2D eigenvalue weighted by molar-refractivity contribution is 5.94. The van der Waals surface area contributed by atoms with Gasteiger partial charge in [0.05, 0.1) is 17.7 Å². The lowest BCUT2D eigenvalue weighted by atomic mass is 10.0. The molecular formula is C24H22O6. The van der Waals surface area contributed by atoms with Crippen LogP contribution in [0.3, 0.4) is 0 Å². The maximum Gasteiger partial charge on any atom is 0.338 e. The topological polar surface area (TPSA) is 82.1 Å². The summed E-state index contributed by atoms with van der Waals surface area (Å²) in [5.41, 5.74) is 0.977. The molecule has 0 aliphatic rings. The highest BCUT2D eigenvalue weighted by Crippen LogP contribution is 2.16. The Morgan fingerprint density at radius 1 is 0.733 bits per heavy atom. The predicted molar refractivity (Wildman–Crippen MR) is 111 cm³/mol. The number of para-hydroxylation sites is 2. The second-order valence-electron chi connectivity index (χ2n) is 6.39. The van der Waals surface area contributed by atoms with E-state index in [1.807, 2.05) is 60.7 Å². The van der Waals surface area contributed by atoms with Crippen LogP contribution in [0.25, 0.3) is 0 Å². The number of aromatic carboxylic acids is 1. The molecule has 3 rings (SSSR count). The summed E-state index contributed by atoms with van der Waals surface area (Å²) < 4.78 is 16.5. The molecule has 0 amide bonds. The van der Waals surface area contributed by atoms with Crippen LogP contribution in [-0.2, 0) is 11.2 Å². The molecule has 30 heavy (non-hydrogen) atoms. The zero-order valence-corrected chi connectivity index (χ0v) is 16.3. The molecule has 0 fully saturated rings. The molecule has 0 radical (unpaired) electrons. The molecule has 154 valence electrons. The minimum Gasteiger partial charge on any atom is -0.493 e. The maximum absolute atomic E-state index is 12.5. The first-order valence-electron chi connectivity index (χ1n) is 9.52. The normalized spacial score (nSPS) is 10.3. The van der Waals surface area contributed by atoms with Crippen LogP contribution in [0.15, 0.2) is 78.9 Å². The van der Waals surface area contributed by atoms with Crippen LogP contribution >= 0.6 is 0 Å². The molecule has 6 heteroatoms. The Morgan fingerprint density at radius 2 is 1.33 bits per heavy atom. The second kappa shape index (κ2) is 10.7. The van der Waals surface area contributed by atoms with Gasteiger partial charge in [0.25, 0.3) is 0 Å². The number of carboxylic acids is 1. The van der Waals surface area contributed by atoms with Gasteiger partial charge in [-0.1, -0.05) is 36.4 Å². The van der Waals surface area contributed by atoms with E-state index in [2.05, 4.69) is 0 Å². The number of esters is 1. The third-order valence-electron chi connectivity index (χ3n) is 4.28. The molecule has 0 bridgehead atoms. The molecule has 0 saturated heterocycles. The summed E-state index contributed by atoms with van der Waals surface area (Å²) in [6, 6.07) is 22.8. The van der Waals surface area contributed by atoms with Gasteiger partial charge in [-0.05, 0) is 48.0 Å². The first-order chi connectivity index (χ1) is 14.6. The van der Waals surface area contributed by atoms with Crippen LogP contribution in [0.2, 0.25) is 0 Å². The van der Waals surface area contributed by atoms with E-state index in [1.54, 1.807) is 0 Å². The molecule has 0 saturated carbocycles. The van der Waals surface area contributed by atoms with Crippen LogP contribution < -0.4 is 9.47 Å². The number of hydrogen-bond donors (Lipinski definition) is 1. The SMILES string of the molecule is O=C(O)c1ccc(C(=O)OCCOc2ccccc2)c(CCOc2ccccc2)c1. The zero-order valence-electron chi connectivity index (χ0n) is 16.3. The first kappa shape index (κ1) is 20.9. The zero-order chi connectivity index (χ0) is 21.2. The van der Waals surface area contributed by atoms with Gasteiger partial charge < -0.3 is 19.3 Å². The van der Waals surface area contributed by atoms with Gasteiger partial charge in [0.1, 0.15) is 24.7 Å². The molecule has 0 aliphatic carbocycles. The summed E-state index contributed by atoms with van der Waals surface area (Å²) in [5, 5.41) is 9.26. The summed E-state index contributed by atoms with van der Waals surface area (Å²) in [6.45, 7) is 0.592. The molecule has 0 heterocycles. The van der Waals surface area contributed by atoms with Gasteiger partial charge in [-0.3, -0.25) is 0 Å². The largest absolute Gasteiger partial charge is 0.493 e. The van der Waals surface area contributed by atoms with Gasteiger partial charge in [0.2, 0.25) is 0 Å². The van der Waals surface area contributed by atoms with Crippen molar-refractivity contribution < 1.29 is 28.9 Å². The van der Waals surface area contributed by atoms with Gasteiger partial charge in [0.15, 0.2) is 0 Å². The standard InChI is InChI=1S/C24H22O6/c25-23(26)19-11-12-22(18(17-19)13-14-28-20-7-3-1-4-8-20)24(27)30-16-15-29-21-9-5-2-6-10-21/h1-12,17H,13-16H2,(H,25,26). The number of ether oxygens (including phenoxy) is 3. The van der Waals surface area contributed by atoms with Crippen molar-refractivity contribution in [2.24, 2.45) is 0 Å². The van der Waals surface area contributed by atoms with E-state index in [0.29, 0.717) is 35.7 Å². The number of carboxylic acid groups (broad SMARTS) is 1. The van der Waals surface area contributed by atoms with Gasteiger partial charge >= 0.3 is 11.9 Å². The van der Waals surface area contributed by atoms with Crippen LogP contribution in [0.5, 0.6) is 11.5 Å². The van der Waals surface area contributed by atoms with E-state index >= 15 is 0 Å². The van der Waals surface area contributed by atoms with Crippen molar-refractivity contribution >= 4 is 11.9 Å². The highest BCUT2D eigenvalue weighted by Gasteiger charge is 2.16. The smallest absolute Gasteiger partial charge is 0.338 e. The number of carbonyl (C=O) groups excluding carboxylic acids is 1. The number of benzene rings is 3. The summed E-state index contributed by atoms with van der Waals surface area (Å²) in [7, 11) is 0. The number of rotatable bonds is 10. The van der Waals surface area contributed by atoms with Crippen LogP contribution in [0.4, 0.5) is 0 Å². The van der Waals surface area contributed by atoms with Crippen molar-refractivity contribution in [1.29, 1.82) is 0 Å². The van der Waals surface area contributed by atoms with Crippen LogP contribution in [-0.4, -0.2) is 36.9 Å². The monoisotopic (exact) mass is 406 g/mol. The Hall–Kier alpha value is -3.80. The molecule has 0 aromatic heterocycles. The molecule has 6 nitrogen and oxygen atoms in total. The van der Waals surface area contributed by atoms with E-state index in [-0.39, 0.29) is 18.8 Å². The van der Waals surface area contributed by atoms with Crippen molar-refractivity contribution in [1.82, 2.24) is 0 Å². The van der Waals surface area contributed by atoms with Gasteiger partial charge in [0, 0.05) is 6.42 Å². The van der Waals surface area contributed by atoms with E-state index in [1.165, 1.54) is 18.2 Å². The Labute approximate surface area is 174 Å². The fourth-order valence-electron chi connectivity index (χ4n) is 2.82. The lowest BCUT2D eigenvalue weighted by molar-refractivity contribution is 0.0448. The van der Waals surface area contributed by atoms with Crippen molar-refractivity contribution in [3.8, 4) is 11.5 Å².